The molecule has 1 amide bonds. The van der Waals surface area contributed by atoms with E-state index in [1.54, 1.807) is 40.5 Å². The van der Waals surface area contributed by atoms with Gasteiger partial charge in [0.05, 0.1) is 0 Å². The van der Waals surface area contributed by atoms with Gasteiger partial charge in [-0.1, -0.05) is 36.4 Å². The van der Waals surface area contributed by atoms with Gasteiger partial charge in [0.1, 0.15) is 11.4 Å². The van der Waals surface area contributed by atoms with Gasteiger partial charge in [-0.2, -0.15) is 14.6 Å². The van der Waals surface area contributed by atoms with E-state index in [0.717, 1.165) is 27.6 Å². The van der Waals surface area contributed by atoms with Crippen LogP contribution >= 0.6 is 23.4 Å². The molecule has 2 aromatic heterocycles. The number of anilines is 1. The average molecular weight is 424 g/mol. The first-order valence-electron chi connectivity index (χ1n) is 9.09. The molecule has 0 aliphatic heterocycles. The maximum Gasteiger partial charge on any atom is 0.255 e. The lowest BCUT2D eigenvalue weighted by Crippen LogP contribution is -2.11. The zero-order valence-electron chi connectivity index (χ0n) is 15.9. The lowest BCUT2D eigenvalue weighted by atomic mass is 10.2. The number of rotatable bonds is 5. The molecule has 6 nitrogen and oxygen atoms in total. The third-order valence-electron chi connectivity index (χ3n) is 4.45. The van der Waals surface area contributed by atoms with Crippen molar-refractivity contribution in [2.45, 2.75) is 30.2 Å². The minimum absolute atomic E-state index is 0.199. The third kappa shape index (κ3) is 4.11. The smallest absolute Gasteiger partial charge is 0.255 e. The Hall–Kier alpha value is -2.90. The van der Waals surface area contributed by atoms with Gasteiger partial charge in [-0.3, -0.25) is 4.79 Å². The molecule has 146 valence electrons. The summed E-state index contributed by atoms with van der Waals surface area (Å²) in [6.45, 7) is 4.09. The number of aryl methyl sites for hydroxylation is 1. The molecule has 0 fully saturated rings. The van der Waals surface area contributed by atoms with Crippen molar-refractivity contribution in [3.8, 4) is 0 Å². The first kappa shape index (κ1) is 19.4. The number of fused-ring (bicyclic) bond motifs is 1. The zero-order chi connectivity index (χ0) is 20.4. The van der Waals surface area contributed by atoms with E-state index in [0.29, 0.717) is 22.1 Å². The van der Waals surface area contributed by atoms with Gasteiger partial charge in [0.2, 0.25) is 0 Å². The van der Waals surface area contributed by atoms with E-state index >= 15 is 0 Å². The van der Waals surface area contributed by atoms with E-state index in [1.165, 1.54) is 6.33 Å². The molecule has 0 bridgehead atoms. The van der Waals surface area contributed by atoms with Crippen molar-refractivity contribution in [2.24, 2.45) is 0 Å². The Morgan fingerprint density at radius 3 is 2.72 bits per heavy atom. The summed E-state index contributed by atoms with van der Waals surface area (Å²) in [5.41, 5.74) is 3.34. The number of amides is 1. The SMILES string of the molecule is CCc1c(C)nc2ncnn2c1Sc1ccc(NC(=O)c2cccc(Cl)c2)cc1. The number of halogens is 1. The van der Waals surface area contributed by atoms with Gasteiger partial charge >= 0.3 is 0 Å². The minimum atomic E-state index is -0.199. The lowest BCUT2D eigenvalue weighted by Gasteiger charge is -2.12. The van der Waals surface area contributed by atoms with E-state index < -0.39 is 0 Å². The second kappa shape index (κ2) is 8.23. The van der Waals surface area contributed by atoms with Crippen molar-refractivity contribution in [3.05, 3.63) is 76.7 Å². The highest BCUT2D eigenvalue weighted by atomic mass is 35.5. The fourth-order valence-corrected chi connectivity index (χ4v) is 4.33. The molecule has 0 radical (unpaired) electrons. The highest BCUT2D eigenvalue weighted by molar-refractivity contribution is 7.99. The van der Waals surface area contributed by atoms with E-state index in [2.05, 4.69) is 27.3 Å². The van der Waals surface area contributed by atoms with E-state index in [1.807, 2.05) is 31.2 Å². The fraction of sp³-hybridized carbons (Fsp3) is 0.143. The number of benzene rings is 2. The Bertz CT molecular complexity index is 1190. The van der Waals surface area contributed by atoms with Gasteiger partial charge in [-0.05, 0) is 55.8 Å². The molecule has 0 saturated carbocycles. The first-order chi connectivity index (χ1) is 14.0. The molecule has 0 unspecified atom stereocenters. The number of aromatic nitrogens is 4. The number of carbonyl (C=O) groups excluding carboxylic acids is 1. The van der Waals surface area contributed by atoms with Crippen LogP contribution in [0.1, 0.15) is 28.5 Å². The summed E-state index contributed by atoms with van der Waals surface area (Å²) in [4.78, 5) is 22.1. The Labute approximate surface area is 177 Å². The molecule has 0 atom stereocenters. The maximum atomic E-state index is 12.4. The van der Waals surface area contributed by atoms with Gasteiger partial charge in [-0.15, -0.1) is 0 Å². The molecule has 0 aliphatic carbocycles. The molecular formula is C21H18ClN5OS. The standard InChI is InChI=1S/C21H18ClN5OS/c1-3-18-13(2)25-21-23-12-24-27(21)20(18)29-17-9-7-16(8-10-17)26-19(28)14-5-4-6-15(22)11-14/h4-12H,3H2,1-2H3,(H,26,28). The molecule has 2 heterocycles. The molecule has 0 spiro atoms. The second-order valence-electron chi connectivity index (χ2n) is 6.40. The predicted molar refractivity (Wildman–Crippen MR) is 115 cm³/mol. The largest absolute Gasteiger partial charge is 0.322 e. The summed E-state index contributed by atoms with van der Waals surface area (Å²) in [6, 6.07) is 14.6. The molecular weight excluding hydrogens is 406 g/mol. The molecule has 29 heavy (non-hydrogen) atoms. The number of hydrogen-bond donors (Lipinski definition) is 1. The Morgan fingerprint density at radius 2 is 2.00 bits per heavy atom. The van der Waals surface area contributed by atoms with Crippen LogP contribution in [0.5, 0.6) is 0 Å². The highest BCUT2D eigenvalue weighted by Gasteiger charge is 2.14. The zero-order valence-corrected chi connectivity index (χ0v) is 17.5. The Kier molecular flexibility index (Phi) is 5.51. The minimum Gasteiger partial charge on any atom is -0.322 e. The van der Waals surface area contributed by atoms with Crippen LogP contribution in [-0.4, -0.2) is 25.5 Å². The molecule has 1 N–H and O–H groups in total. The lowest BCUT2D eigenvalue weighted by molar-refractivity contribution is 0.102. The van der Waals surface area contributed by atoms with Crippen molar-refractivity contribution >= 4 is 40.7 Å². The summed E-state index contributed by atoms with van der Waals surface area (Å²) in [5.74, 6) is 0.392. The van der Waals surface area contributed by atoms with Gasteiger partial charge in [0.25, 0.3) is 11.7 Å². The van der Waals surface area contributed by atoms with Crippen LogP contribution in [0, 0.1) is 6.92 Å². The summed E-state index contributed by atoms with van der Waals surface area (Å²) < 4.78 is 1.77. The van der Waals surface area contributed by atoms with Gasteiger partial charge in [-0.25, -0.2) is 4.98 Å². The van der Waals surface area contributed by atoms with Crippen LogP contribution < -0.4 is 5.32 Å². The predicted octanol–water partition coefficient (Wildman–Crippen LogP) is 5.05. The number of nitrogens with zero attached hydrogens (tertiary/aromatic N) is 4. The number of hydrogen-bond acceptors (Lipinski definition) is 5. The maximum absolute atomic E-state index is 12.4. The van der Waals surface area contributed by atoms with Crippen LogP contribution in [-0.2, 0) is 6.42 Å². The van der Waals surface area contributed by atoms with Gasteiger partial charge in [0.15, 0.2) is 0 Å². The first-order valence-corrected chi connectivity index (χ1v) is 10.3. The van der Waals surface area contributed by atoms with E-state index in [-0.39, 0.29) is 5.91 Å². The quantitative estimate of drug-likeness (QED) is 0.454. The molecule has 8 heteroatoms. The van der Waals surface area contributed by atoms with Crippen molar-refractivity contribution in [3.63, 3.8) is 0 Å². The monoisotopic (exact) mass is 423 g/mol. The summed E-state index contributed by atoms with van der Waals surface area (Å²) in [6.07, 6.45) is 2.37. The summed E-state index contributed by atoms with van der Waals surface area (Å²) in [7, 11) is 0. The number of nitrogens with one attached hydrogen (secondary N) is 1. The summed E-state index contributed by atoms with van der Waals surface area (Å²) >= 11 is 7.56. The van der Waals surface area contributed by atoms with Gasteiger partial charge in [0, 0.05) is 32.4 Å². The van der Waals surface area contributed by atoms with Crippen LogP contribution in [0.15, 0.2) is 64.8 Å². The Balaban J connectivity index is 1.56. The molecule has 0 saturated heterocycles. The topological polar surface area (TPSA) is 72.2 Å². The van der Waals surface area contributed by atoms with E-state index in [4.69, 9.17) is 11.6 Å². The highest BCUT2D eigenvalue weighted by Crippen LogP contribution is 2.32. The van der Waals surface area contributed by atoms with Crippen LogP contribution in [0.25, 0.3) is 5.78 Å². The molecule has 4 rings (SSSR count). The van der Waals surface area contributed by atoms with Gasteiger partial charge < -0.3 is 5.32 Å². The summed E-state index contributed by atoms with van der Waals surface area (Å²) in [5, 5.41) is 8.74. The second-order valence-corrected chi connectivity index (χ2v) is 7.90. The molecule has 0 aliphatic rings. The van der Waals surface area contributed by atoms with Crippen molar-refractivity contribution in [1.82, 2.24) is 19.6 Å². The van der Waals surface area contributed by atoms with Crippen molar-refractivity contribution in [1.29, 1.82) is 0 Å². The third-order valence-corrected chi connectivity index (χ3v) is 5.81. The van der Waals surface area contributed by atoms with Crippen molar-refractivity contribution in [2.75, 3.05) is 5.32 Å². The van der Waals surface area contributed by atoms with Crippen LogP contribution in [0.3, 0.4) is 0 Å². The normalized spacial score (nSPS) is 11.0. The molecule has 2 aromatic carbocycles. The van der Waals surface area contributed by atoms with E-state index in [9.17, 15) is 4.79 Å². The van der Waals surface area contributed by atoms with Crippen LogP contribution in [0.4, 0.5) is 5.69 Å². The Morgan fingerprint density at radius 1 is 1.21 bits per heavy atom. The van der Waals surface area contributed by atoms with Crippen molar-refractivity contribution < 1.29 is 4.79 Å². The van der Waals surface area contributed by atoms with Crippen LogP contribution in [0.2, 0.25) is 5.02 Å². The number of carbonyl (C=O) groups is 1. The molecule has 4 aromatic rings. The fourth-order valence-electron chi connectivity index (χ4n) is 3.02. The average Bonchev–Trinajstić information content (AvgIpc) is 3.17.